The van der Waals surface area contributed by atoms with Gasteiger partial charge in [0.05, 0.1) is 17.6 Å². The Kier molecular flexibility index (Phi) is 11.6. The number of hydrogen-bond donors (Lipinski definition) is 1. The lowest BCUT2D eigenvalue weighted by molar-refractivity contribution is -0.126. The average molecular weight is 521 g/mol. The van der Waals surface area contributed by atoms with Gasteiger partial charge in [-0.05, 0) is 86.5 Å². The fraction of sp³-hybridized carbons (Fsp3) is 0.667. The molecule has 1 unspecified atom stereocenters. The van der Waals surface area contributed by atoms with E-state index in [2.05, 4.69) is 69.0 Å². The van der Waals surface area contributed by atoms with Crippen molar-refractivity contribution >= 4 is 37.8 Å². The van der Waals surface area contributed by atoms with Gasteiger partial charge in [0.2, 0.25) is 5.91 Å². The van der Waals surface area contributed by atoms with Gasteiger partial charge in [0.1, 0.15) is 5.75 Å². The quantitative estimate of drug-likeness (QED) is 0.420. The largest absolute Gasteiger partial charge is 0.496 e. The highest BCUT2D eigenvalue weighted by Crippen LogP contribution is 2.31. The Morgan fingerprint density at radius 2 is 1.82 bits per heavy atom. The number of rotatable bonds is 12. The highest BCUT2D eigenvalue weighted by molar-refractivity contribution is 9.11. The summed E-state index contributed by atoms with van der Waals surface area (Å²) in [6.07, 6.45) is 2.75. The van der Waals surface area contributed by atoms with Crippen molar-refractivity contribution in [2.75, 3.05) is 47.9 Å². The number of carbonyl (C=O) groups is 1. The maximum Gasteiger partial charge on any atom is 0.237 e. The van der Waals surface area contributed by atoms with E-state index in [1.165, 1.54) is 5.56 Å². The van der Waals surface area contributed by atoms with Gasteiger partial charge < -0.3 is 15.0 Å². The molecule has 5 nitrogen and oxygen atoms in total. The van der Waals surface area contributed by atoms with E-state index in [4.69, 9.17) is 4.74 Å². The molecule has 160 valence electrons. The van der Waals surface area contributed by atoms with Crippen LogP contribution in [0.4, 0.5) is 0 Å². The molecule has 0 aliphatic rings. The van der Waals surface area contributed by atoms with Crippen molar-refractivity contribution in [3.8, 4) is 5.75 Å². The van der Waals surface area contributed by atoms with E-state index in [0.29, 0.717) is 12.5 Å². The lowest BCUT2D eigenvalue weighted by atomic mass is 10.0. The number of nitrogens with zero attached hydrogens (tertiary/aromatic N) is 2. The molecular formula is C21H35Br2N3O2. The van der Waals surface area contributed by atoms with Crippen molar-refractivity contribution in [1.82, 2.24) is 15.1 Å². The van der Waals surface area contributed by atoms with Crippen LogP contribution in [0.1, 0.15) is 32.3 Å². The molecule has 0 saturated carbocycles. The SMILES string of the molecule is COc1cc(CCN(C)CCCNC(=O)C(CC(C)C)N(C)C)c(Br)cc1Br. The summed E-state index contributed by atoms with van der Waals surface area (Å²) in [6.45, 7) is 6.91. The second kappa shape index (κ2) is 12.8. The van der Waals surface area contributed by atoms with Crippen LogP contribution in [-0.2, 0) is 11.2 Å². The van der Waals surface area contributed by atoms with Gasteiger partial charge in [-0.25, -0.2) is 0 Å². The number of likely N-dealkylation sites (N-methyl/N-ethyl adjacent to an activating group) is 2. The molecule has 7 heteroatoms. The molecule has 0 spiro atoms. The van der Waals surface area contributed by atoms with Crippen LogP contribution in [0.2, 0.25) is 0 Å². The zero-order chi connectivity index (χ0) is 21.3. The summed E-state index contributed by atoms with van der Waals surface area (Å²) < 4.78 is 7.42. The molecule has 0 bridgehead atoms. The molecule has 0 aliphatic heterocycles. The first-order valence-electron chi connectivity index (χ1n) is 9.80. The normalized spacial score (nSPS) is 12.7. The number of hydrogen-bond acceptors (Lipinski definition) is 4. The van der Waals surface area contributed by atoms with Gasteiger partial charge in [-0.2, -0.15) is 0 Å². The number of methoxy groups -OCH3 is 1. The number of ether oxygens (including phenoxy) is 1. The number of amides is 1. The summed E-state index contributed by atoms with van der Waals surface area (Å²) >= 11 is 7.13. The second-order valence-corrected chi connectivity index (χ2v) is 9.59. The molecule has 1 aromatic carbocycles. The van der Waals surface area contributed by atoms with Crippen LogP contribution in [0.3, 0.4) is 0 Å². The fourth-order valence-electron chi connectivity index (χ4n) is 3.02. The van der Waals surface area contributed by atoms with Crippen molar-refractivity contribution in [3.05, 3.63) is 26.6 Å². The van der Waals surface area contributed by atoms with Crippen LogP contribution in [0.15, 0.2) is 21.1 Å². The Bertz CT molecular complexity index is 624. The minimum atomic E-state index is -0.0533. The molecule has 0 fully saturated rings. The van der Waals surface area contributed by atoms with Crippen molar-refractivity contribution in [2.24, 2.45) is 5.92 Å². The first-order valence-corrected chi connectivity index (χ1v) is 11.4. The molecule has 28 heavy (non-hydrogen) atoms. The van der Waals surface area contributed by atoms with Crippen molar-refractivity contribution in [3.63, 3.8) is 0 Å². The van der Waals surface area contributed by atoms with E-state index >= 15 is 0 Å². The van der Waals surface area contributed by atoms with E-state index in [1.54, 1.807) is 7.11 Å². The average Bonchev–Trinajstić information content (AvgIpc) is 2.62. The number of benzene rings is 1. The Balaban J connectivity index is 2.37. The van der Waals surface area contributed by atoms with Gasteiger partial charge in [-0.15, -0.1) is 0 Å². The van der Waals surface area contributed by atoms with Crippen LogP contribution in [0.25, 0.3) is 0 Å². The van der Waals surface area contributed by atoms with Gasteiger partial charge in [0.15, 0.2) is 0 Å². The molecule has 1 amide bonds. The number of carbonyl (C=O) groups excluding carboxylic acids is 1. The molecule has 0 aliphatic carbocycles. The molecule has 1 aromatic rings. The maximum atomic E-state index is 12.4. The third-order valence-corrected chi connectivity index (χ3v) is 6.08. The highest BCUT2D eigenvalue weighted by Gasteiger charge is 2.21. The molecule has 1 atom stereocenters. The third-order valence-electron chi connectivity index (χ3n) is 4.72. The van der Waals surface area contributed by atoms with Crippen LogP contribution in [0, 0.1) is 5.92 Å². The number of halogens is 2. The lowest BCUT2D eigenvalue weighted by Gasteiger charge is -2.25. The molecule has 0 heterocycles. The van der Waals surface area contributed by atoms with Gasteiger partial charge in [-0.3, -0.25) is 9.69 Å². The zero-order valence-corrected chi connectivity index (χ0v) is 21.2. The van der Waals surface area contributed by atoms with E-state index in [9.17, 15) is 4.79 Å². The zero-order valence-electron chi connectivity index (χ0n) is 18.0. The third kappa shape index (κ3) is 8.80. The first-order chi connectivity index (χ1) is 13.1. The Morgan fingerprint density at radius 1 is 1.14 bits per heavy atom. The van der Waals surface area contributed by atoms with Gasteiger partial charge in [0, 0.05) is 17.6 Å². The van der Waals surface area contributed by atoms with Crippen LogP contribution >= 0.6 is 31.9 Å². The summed E-state index contributed by atoms with van der Waals surface area (Å²) in [5.74, 6) is 1.48. The van der Waals surface area contributed by atoms with Crippen molar-refractivity contribution in [1.29, 1.82) is 0 Å². The molecular weight excluding hydrogens is 486 g/mol. The molecule has 1 N–H and O–H groups in total. The Hall–Kier alpha value is -0.630. The summed E-state index contributed by atoms with van der Waals surface area (Å²) in [7, 11) is 7.73. The topological polar surface area (TPSA) is 44.8 Å². The smallest absolute Gasteiger partial charge is 0.237 e. The first kappa shape index (κ1) is 25.4. The summed E-state index contributed by atoms with van der Waals surface area (Å²) in [5, 5.41) is 3.09. The highest BCUT2D eigenvalue weighted by atomic mass is 79.9. The predicted molar refractivity (Wildman–Crippen MR) is 124 cm³/mol. The van der Waals surface area contributed by atoms with Crippen molar-refractivity contribution < 1.29 is 9.53 Å². The fourth-order valence-corrected chi connectivity index (χ4v) is 4.37. The van der Waals surface area contributed by atoms with Crippen LogP contribution < -0.4 is 10.1 Å². The van der Waals surface area contributed by atoms with Crippen LogP contribution in [-0.4, -0.2) is 69.6 Å². The maximum absolute atomic E-state index is 12.4. The second-order valence-electron chi connectivity index (χ2n) is 7.88. The molecule has 0 saturated heterocycles. The van der Waals surface area contributed by atoms with Gasteiger partial charge >= 0.3 is 0 Å². The van der Waals surface area contributed by atoms with E-state index < -0.39 is 0 Å². The Labute approximate surface area is 187 Å². The van der Waals surface area contributed by atoms with Crippen molar-refractivity contribution in [2.45, 2.75) is 39.2 Å². The van der Waals surface area contributed by atoms with E-state index in [-0.39, 0.29) is 11.9 Å². The molecule has 1 rings (SSSR count). The minimum Gasteiger partial charge on any atom is -0.496 e. The lowest BCUT2D eigenvalue weighted by Crippen LogP contribution is -2.44. The van der Waals surface area contributed by atoms with Crippen LogP contribution in [0.5, 0.6) is 5.75 Å². The summed E-state index contributed by atoms with van der Waals surface area (Å²) in [4.78, 5) is 16.7. The Morgan fingerprint density at radius 3 is 2.39 bits per heavy atom. The van der Waals surface area contributed by atoms with E-state index in [1.807, 2.05) is 25.1 Å². The van der Waals surface area contributed by atoms with E-state index in [0.717, 1.165) is 47.0 Å². The number of nitrogens with one attached hydrogen (secondary N) is 1. The van der Waals surface area contributed by atoms with Gasteiger partial charge in [-0.1, -0.05) is 29.8 Å². The molecule has 0 radical (unpaired) electrons. The monoisotopic (exact) mass is 519 g/mol. The van der Waals surface area contributed by atoms with Gasteiger partial charge in [0.25, 0.3) is 0 Å². The summed E-state index contributed by atoms with van der Waals surface area (Å²) in [6, 6.07) is 4.04. The summed E-state index contributed by atoms with van der Waals surface area (Å²) in [5.41, 5.74) is 1.22. The molecule has 0 aromatic heterocycles. The standard InChI is InChI=1S/C21H35Br2N3O2/c1-15(2)12-19(25(3)4)21(27)24-9-7-10-26(5)11-8-16-13-20(28-6)18(23)14-17(16)22/h13-15,19H,7-12H2,1-6H3,(H,24,27). The minimum absolute atomic E-state index is 0.0533. The predicted octanol–water partition coefficient (Wildman–Crippen LogP) is 4.18.